The van der Waals surface area contributed by atoms with Crippen LogP contribution in [-0.4, -0.2) is 47.2 Å². The van der Waals surface area contributed by atoms with Crippen LogP contribution in [0.25, 0.3) is 10.9 Å². The van der Waals surface area contributed by atoms with E-state index >= 15 is 0 Å². The first-order chi connectivity index (χ1) is 12.9. The van der Waals surface area contributed by atoms with Crippen molar-refractivity contribution in [3.8, 4) is 11.5 Å². The van der Waals surface area contributed by atoms with Crippen molar-refractivity contribution in [1.82, 2.24) is 14.9 Å². The van der Waals surface area contributed by atoms with Gasteiger partial charge in [0.25, 0.3) is 0 Å². The van der Waals surface area contributed by atoms with Gasteiger partial charge in [0, 0.05) is 18.0 Å². The molecule has 1 aromatic heterocycles. The van der Waals surface area contributed by atoms with Crippen molar-refractivity contribution in [2.45, 2.75) is 0 Å². The van der Waals surface area contributed by atoms with E-state index in [4.69, 9.17) is 27.9 Å². The highest BCUT2D eigenvalue weighted by molar-refractivity contribution is 6.42. The summed E-state index contributed by atoms with van der Waals surface area (Å²) in [5, 5.41) is 13.6. The Balaban J connectivity index is 1.93. The molecule has 6 nitrogen and oxygen atoms in total. The zero-order valence-corrected chi connectivity index (χ0v) is 16.1. The molecular formula is C18H17Cl2FN4O2. The molecule has 9 heteroatoms. The molecule has 0 bridgehead atoms. The average molecular weight is 411 g/mol. The van der Waals surface area contributed by atoms with Gasteiger partial charge in [-0.2, -0.15) is 0 Å². The van der Waals surface area contributed by atoms with Crippen LogP contribution < -0.4 is 10.1 Å². The van der Waals surface area contributed by atoms with Gasteiger partial charge >= 0.3 is 0 Å². The summed E-state index contributed by atoms with van der Waals surface area (Å²) in [5.41, 5.74) is 0.640. The van der Waals surface area contributed by atoms with Gasteiger partial charge in [-0.1, -0.05) is 23.2 Å². The zero-order chi connectivity index (χ0) is 19.6. The lowest BCUT2D eigenvalue weighted by atomic mass is 10.2. The second-order valence-corrected chi connectivity index (χ2v) is 6.84. The van der Waals surface area contributed by atoms with Gasteiger partial charge in [-0.15, -0.1) is 0 Å². The maximum Gasteiger partial charge on any atom is 0.166 e. The fourth-order valence-electron chi connectivity index (χ4n) is 2.38. The lowest BCUT2D eigenvalue weighted by Gasteiger charge is -2.14. The van der Waals surface area contributed by atoms with Crippen LogP contribution in [0.4, 0.5) is 15.9 Å². The number of likely N-dealkylation sites (N-methyl/N-ethyl adjacent to an activating group) is 1. The highest BCUT2D eigenvalue weighted by atomic mass is 35.5. The third-order valence-electron chi connectivity index (χ3n) is 3.80. The molecule has 2 N–H and O–H groups in total. The van der Waals surface area contributed by atoms with Crippen LogP contribution in [0.3, 0.4) is 0 Å². The van der Waals surface area contributed by atoms with E-state index in [0.717, 1.165) is 0 Å². The number of benzene rings is 2. The van der Waals surface area contributed by atoms with Crippen molar-refractivity contribution in [3.63, 3.8) is 0 Å². The summed E-state index contributed by atoms with van der Waals surface area (Å²) < 4.78 is 19.9. The van der Waals surface area contributed by atoms with E-state index in [0.29, 0.717) is 35.6 Å². The van der Waals surface area contributed by atoms with E-state index in [1.54, 1.807) is 6.07 Å². The lowest BCUT2D eigenvalue weighted by Crippen LogP contribution is -2.19. The maximum absolute atomic E-state index is 14.3. The number of ether oxygens (including phenoxy) is 1. The first-order valence-electron chi connectivity index (χ1n) is 8.02. The Hall–Kier alpha value is -2.35. The number of halogens is 3. The minimum atomic E-state index is -0.691. The molecule has 142 valence electrons. The van der Waals surface area contributed by atoms with Crippen molar-refractivity contribution in [1.29, 1.82) is 0 Å². The smallest absolute Gasteiger partial charge is 0.166 e. The highest BCUT2D eigenvalue weighted by Gasteiger charge is 2.14. The normalized spacial score (nSPS) is 11.2. The molecule has 0 unspecified atom stereocenters. The predicted octanol–water partition coefficient (Wildman–Crippen LogP) is 4.47. The van der Waals surface area contributed by atoms with E-state index < -0.39 is 5.82 Å². The predicted molar refractivity (Wildman–Crippen MR) is 105 cm³/mol. The van der Waals surface area contributed by atoms with Crippen LogP contribution in [0.15, 0.2) is 30.6 Å². The Bertz CT molecular complexity index is 985. The number of phenols is 1. The SMILES string of the molecule is CN(C)CCOc1cc2ncnc(Nc3ccc(Cl)c(Cl)c3F)c2cc1O. The lowest BCUT2D eigenvalue weighted by molar-refractivity contribution is 0.253. The van der Waals surface area contributed by atoms with Gasteiger partial charge in [0.05, 0.1) is 21.2 Å². The van der Waals surface area contributed by atoms with Crippen LogP contribution >= 0.6 is 23.2 Å². The molecule has 0 saturated carbocycles. The topological polar surface area (TPSA) is 70.5 Å². The number of aromatic hydroxyl groups is 1. The van der Waals surface area contributed by atoms with E-state index in [2.05, 4.69) is 15.3 Å². The summed E-state index contributed by atoms with van der Waals surface area (Å²) in [6.45, 7) is 1.11. The quantitative estimate of drug-likeness (QED) is 0.584. The largest absolute Gasteiger partial charge is 0.504 e. The molecule has 0 fully saturated rings. The zero-order valence-electron chi connectivity index (χ0n) is 14.6. The number of phenolic OH excluding ortho intramolecular Hbond substituents is 1. The second-order valence-electron chi connectivity index (χ2n) is 6.06. The summed E-state index contributed by atoms with van der Waals surface area (Å²) >= 11 is 11.7. The molecular weight excluding hydrogens is 394 g/mol. The second kappa shape index (κ2) is 8.12. The fraction of sp³-hybridized carbons (Fsp3) is 0.222. The molecule has 0 spiro atoms. The Morgan fingerprint density at radius 2 is 2.00 bits per heavy atom. The van der Waals surface area contributed by atoms with E-state index in [1.807, 2.05) is 19.0 Å². The standard InChI is InChI=1S/C18H17Cl2FN4O2/c1-25(2)5-6-27-15-8-13-10(7-14(15)26)18(23-9-22-13)24-12-4-3-11(19)16(20)17(12)21/h3-4,7-9,26H,5-6H2,1-2H3,(H,22,23,24). The Morgan fingerprint density at radius 3 is 2.74 bits per heavy atom. The van der Waals surface area contributed by atoms with Gasteiger partial charge in [-0.05, 0) is 32.3 Å². The summed E-state index contributed by atoms with van der Waals surface area (Å²) in [5.74, 6) is -0.125. The van der Waals surface area contributed by atoms with Gasteiger partial charge in [0.2, 0.25) is 0 Å². The van der Waals surface area contributed by atoms with E-state index in [-0.39, 0.29) is 21.5 Å². The molecule has 1 heterocycles. The summed E-state index contributed by atoms with van der Waals surface area (Å²) in [7, 11) is 3.86. The molecule has 0 aliphatic carbocycles. The minimum Gasteiger partial charge on any atom is -0.504 e. The van der Waals surface area contributed by atoms with Gasteiger partial charge in [0.1, 0.15) is 18.8 Å². The number of rotatable bonds is 6. The van der Waals surface area contributed by atoms with Crippen LogP contribution in [0, 0.1) is 5.82 Å². The first-order valence-corrected chi connectivity index (χ1v) is 8.78. The van der Waals surface area contributed by atoms with Crippen molar-refractivity contribution in [3.05, 3.63) is 46.5 Å². The molecule has 0 atom stereocenters. The average Bonchev–Trinajstić information content (AvgIpc) is 2.63. The molecule has 0 radical (unpaired) electrons. The number of hydrogen-bond donors (Lipinski definition) is 2. The number of nitrogens with zero attached hydrogens (tertiary/aromatic N) is 3. The minimum absolute atomic E-state index is 0.0614. The number of anilines is 2. The van der Waals surface area contributed by atoms with Crippen molar-refractivity contribution < 1.29 is 14.2 Å². The molecule has 0 aliphatic heterocycles. The number of nitrogens with one attached hydrogen (secondary N) is 1. The highest BCUT2D eigenvalue weighted by Crippen LogP contribution is 2.36. The fourth-order valence-corrected chi connectivity index (χ4v) is 2.69. The number of fused-ring (bicyclic) bond motifs is 1. The molecule has 3 aromatic rings. The summed E-state index contributed by atoms with van der Waals surface area (Å²) in [6.07, 6.45) is 1.33. The van der Waals surface area contributed by atoms with Crippen LogP contribution in [0.1, 0.15) is 0 Å². The maximum atomic E-state index is 14.3. The van der Waals surface area contributed by atoms with Crippen molar-refractivity contribution in [2.75, 3.05) is 32.6 Å². The number of hydrogen-bond acceptors (Lipinski definition) is 6. The molecule has 3 rings (SSSR count). The Kier molecular flexibility index (Phi) is 5.84. The molecule has 0 saturated heterocycles. The monoisotopic (exact) mass is 410 g/mol. The summed E-state index contributed by atoms with van der Waals surface area (Å²) in [4.78, 5) is 10.3. The Morgan fingerprint density at radius 1 is 1.22 bits per heavy atom. The Labute approximate surface area is 165 Å². The van der Waals surface area contributed by atoms with Crippen LogP contribution in [0.5, 0.6) is 11.5 Å². The summed E-state index contributed by atoms with van der Waals surface area (Å²) in [6, 6.07) is 6.01. The number of aromatic nitrogens is 2. The van der Waals surface area contributed by atoms with Crippen molar-refractivity contribution >= 4 is 45.6 Å². The third-order valence-corrected chi connectivity index (χ3v) is 4.58. The van der Waals surface area contributed by atoms with E-state index in [1.165, 1.54) is 24.5 Å². The van der Waals surface area contributed by atoms with Gasteiger partial charge in [-0.25, -0.2) is 14.4 Å². The van der Waals surface area contributed by atoms with Crippen molar-refractivity contribution in [2.24, 2.45) is 0 Å². The van der Waals surface area contributed by atoms with E-state index in [9.17, 15) is 9.50 Å². The van der Waals surface area contributed by atoms with Gasteiger partial charge in [-0.3, -0.25) is 0 Å². The van der Waals surface area contributed by atoms with Gasteiger partial charge < -0.3 is 20.1 Å². The van der Waals surface area contributed by atoms with Crippen LogP contribution in [0.2, 0.25) is 10.0 Å². The molecule has 0 amide bonds. The molecule has 2 aromatic carbocycles. The first kappa shape index (κ1) is 19.4. The molecule has 27 heavy (non-hydrogen) atoms. The van der Waals surface area contributed by atoms with Gasteiger partial charge in [0.15, 0.2) is 17.3 Å². The third kappa shape index (κ3) is 4.32. The molecule has 0 aliphatic rings. The van der Waals surface area contributed by atoms with Crippen LogP contribution in [-0.2, 0) is 0 Å².